The molecule has 0 aliphatic carbocycles. The average molecular weight is 190 g/mol. The van der Waals surface area contributed by atoms with E-state index in [2.05, 4.69) is 21.1 Å². The molecule has 0 unspecified atom stereocenters. The maximum absolute atomic E-state index is 4.92. The van der Waals surface area contributed by atoms with E-state index < -0.39 is 0 Å². The molecular weight excluding hydrogens is 182 g/mol. The van der Waals surface area contributed by atoms with Crippen molar-refractivity contribution in [3.8, 4) is 0 Å². The first-order chi connectivity index (χ1) is 4.38. The van der Waals surface area contributed by atoms with Crippen LogP contribution in [0.25, 0.3) is 0 Å². The summed E-state index contributed by atoms with van der Waals surface area (Å²) in [5.41, 5.74) is 1.15. The van der Waals surface area contributed by atoms with Crippen molar-refractivity contribution in [1.29, 1.82) is 0 Å². The van der Waals surface area contributed by atoms with Gasteiger partial charge in [0.25, 0.3) is 0 Å². The molecule has 1 aromatic heterocycles. The van der Waals surface area contributed by atoms with Crippen LogP contribution in [0.15, 0.2) is 10.7 Å². The first-order valence-corrected chi connectivity index (χ1v) is 3.99. The van der Waals surface area contributed by atoms with Crippen molar-refractivity contribution >= 4 is 15.9 Å². The molecule has 1 heterocycles. The third-order valence-electron chi connectivity index (χ3n) is 1.19. The van der Waals surface area contributed by atoms with Crippen LogP contribution in [-0.2, 0) is 11.8 Å². The summed E-state index contributed by atoms with van der Waals surface area (Å²) in [5.74, 6) is 0.979. The van der Waals surface area contributed by atoms with Gasteiger partial charge in [0.05, 0.1) is 6.20 Å². The fraction of sp³-hybridized carbons (Fsp3) is 0.500. The lowest BCUT2D eigenvalue weighted by atomic mass is 10.2. The Morgan fingerprint density at radius 1 is 1.78 bits per heavy atom. The molecule has 2 nitrogen and oxygen atoms in total. The molecule has 0 radical (unpaired) electrons. The normalized spacial score (nSPS) is 10.0. The van der Waals surface area contributed by atoms with Gasteiger partial charge < -0.3 is 4.52 Å². The van der Waals surface area contributed by atoms with Gasteiger partial charge in [0, 0.05) is 17.3 Å². The van der Waals surface area contributed by atoms with Gasteiger partial charge in [-0.15, -0.1) is 0 Å². The number of aromatic nitrogens is 1. The van der Waals surface area contributed by atoms with E-state index in [-0.39, 0.29) is 0 Å². The highest BCUT2D eigenvalue weighted by molar-refractivity contribution is 9.08. The molecule has 0 aromatic carbocycles. The van der Waals surface area contributed by atoms with Crippen molar-refractivity contribution in [3.05, 3.63) is 17.5 Å². The fourth-order valence-corrected chi connectivity index (χ4v) is 1.14. The van der Waals surface area contributed by atoms with Crippen LogP contribution in [0.2, 0.25) is 0 Å². The third-order valence-corrected chi connectivity index (χ3v) is 1.80. The SMILES string of the molecule is CCc1oncc1CBr. The molecule has 0 bridgehead atoms. The zero-order valence-corrected chi connectivity index (χ0v) is 6.81. The third kappa shape index (κ3) is 1.33. The Morgan fingerprint density at radius 3 is 3.00 bits per heavy atom. The molecule has 0 saturated carbocycles. The molecule has 1 rings (SSSR count). The number of alkyl halides is 1. The number of halogens is 1. The van der Waals surface area contributed by atoms with Gasteiger partial charge in [-0.2, -0.15) is 0 Å². The monoisotopic (exact) mass is 189 g/mol. The first-order valence-electron chi connectivity index (χ1n) is 2.87. The van der Waals surface area contributed by atoms with E-state index >= 15 is 0 Å². The van der Waals surface area contributed by atoms with Gasteiger partial charge in [-0.3, -0.25) is 0 Å². The van der Waals surface area contributed by atoms with E-state index in [4.69, 9.17) is 4.52 Å². The van der Waals surface area contributed by atoms with Crippen molar-refractivity contribution in [2.45, 2.75) is 18.7 Å². The zero-order chi connectivity index (χ0) is 6.69. The Labute approximate surface area is 62.4 Å². The second kappa shape index (κ2) is 3.01. The summed E-state index contributed by atoms with van der Waals surface area (Å²) in [6.45, 7) is 2.05. The second-order valence-electron chi connectivity index (χ2n) is 1.76. The highest BCUT2D eigenvalue weighted by Crippen LogP contribution is 2.11. The van der Waals surface area contributed by atoms with E-state index in [1.807, 2.05) is 6.92 Å². The lowest BCUT2D eigenvalue weighted by molar-refractivity contribution is 0.386. The van der Waals surface area contributed by atoms with E-state index in [0.717, 1.165) is 23.1 Å². The minimum atomic E-state index is 0.833. The lowest BCUT2D eigenvalue weighted by Crippen LogP contribution is -1.79. The maximum Gasteiger partial charge on any atom is 0.140 e. The summed E-state index contributed by atoms with van der Waals surface area (Å²) in [7, 11) is 0. The highest BCUT2D eigenvalue weighted by Gasteiger charge is 2.01. The van der Waals surface area contributed by atoms with E-state index in [1.54, 1.807) is 6.20 Å². The molecule has 1 aromatic rings. The Balaban J connectivity index is 2.85. The molecule has 0 atom stereocenters. The minimum absolute atomic E-state index is 0.833. The molecule has 0 aliphatic rings. The topological polar surface area (TPSA) is 26.0 Å². The zero-order valence-electron chi connectivity index (χ0n) is 5.22. The molecule has 0 amide bonds. The smallest absolute Gasteiger partial charge is 0.140 e. The summed E-state index contributed by atoms with van der Waals surface area (Å²) < 4.78 is 4.92. The molecule has 3 heteroatoms. The van der Waals surface area contributed by atoms with Crippen molar-refractivity contribution in [2.75, 3.05) is 0 Å². The quantitative estimate of drug-likeness (QED) is 0.667. The highest BCUT2D eigenvalue weighted by atomic mass is 79.9. The van der Waals surface area contributed by atoms with Crippen molar-refractivity contribution in [1.82, 2.24) is 5.16 Å². The van der Waals surface area contributed by atoms with Crippen LogP contribution in [0.4, 0.5) is 0 Å². The largest absolute Gasteiger partial charge is 0.361 e. The summed E-state index contributed by atoms with van der Waals surface area (Å²) in [5, 5.41) is 4.49. The summed E-state index contributed by atoms with van der Waals surface area (Å²) in [6.07, 6.45) is 2.66. The van der Waals surface area contributed by atoms with Gasteiger partial charge in [0.15, 0.2) is 0 Å². The Hall–Kier alpha value is -0.310. The standard InChI is InChI=1S/C6H8BrNO/c1-2-6-5(3-7)4-8-9-6/h4H,2-3H2,1H3. The molecule has 0 saturated heterocycles. The van der Waals surface area contributed by atoms with Crippen LogP contribution >= 0.6 is 15.9 Å². The van der Waals surface area contributed by atoms with Crippen molar-refractivity contribution in [2.24, 2.45) is 0 Å². The Bertz CT molecular complexity index is 166. The van der Waals surface area contributed by atoms with Crippen LogP contribution in [0.3, 0.4) is 0 Å². The number of nitrogens with zero attached hydrogens (tertiary/aromatic N) is 1. The number of rotatable bonds is 2. The van der Waals surface area contributed by atoms with Gasteiger partial charge >= 0.3 is 0 Å². The number of hydrogen-bond acceptors (Lipinski definition) is 2. The van der Waals surface area contributed by atoms with Gasteiger partial charge in [0.2, 0.25) is 0 Å². The summed E-state index contributed by atoms with van der Waals surface area (Å²) >= 11 is 3.33. The van der Waals surface area contributed by atoms with E-state index in [1.165, 1.54) is 0 Å². The summed E-state index contributed by atoms with van der Waals surface area (Å²) in [4.78, 5) is 0. The van der Waals surface area contributed by atoms with Crippen LogP contribution in [0.5, 0.6) is 0 Å². The van der Waals surface area contributed by atoms with Crippen molar-refractivity contribution < 1.29 is 4.52 Å². The molecule has 0 N–H and O–H groups in total. The number of aryl methyl sites for hydroxylation is 1. The van der Waals surface area contributed by atoms with Gasteiger partial charge in [-0.1, -0.05) is 28.0 Å². The second-order valence-corrected chi connectivity index (χ2v) is 2.32. The predicted octanol–water partition coefficient (Wildman–Crippen LogP) is 2.13. The molecule has 50 valence electrons. The first kappa shape index (κ1) is 6.81. The predicted molar refractivity (Wildman–Crippen MR) is 38.5 cm³/mol. The van der Waals surface area contributed by atoms with Crippen LogP contribution < -0.4 is 0 Å². The Morgan fingerprint density at radius 2 is 2.56 bits per heavy atom. The van der Waals surface area contributed by atoms with Crippen LogP contribution in [0.1, 0.15) is 18.2 Å². The molecular formula is C6H8BrNO. The van der Waals surface area contributed by atoms with E-state index in [0.29, 0.717) is 0 Å². The molecule has 0 aliphatic heterocycles. The lowest BCUT2D eigenvalue weighted by Gasteiger charge is -1.88. The minimum Gasteiger partial charge on any atom is -0.361 e. The van der Waals surface area contributed by atoms with Crippen LogP contribution in [0, 0.1) is 0 Å². The van der Waals surface area contributed by atoms with E-state index in [9.17, 15) is 0 Å². The number of hydrogen-bond donors (Lipinski definition) is 0. The maximum atomic E-state index is 4.92. The molecule has 9 heavy (non-hydrogen) atoms. The Kier molecular flexibility index (Phi) is 2.28. The van der Waals surface area contributed by atoms with Gasteiger partial charge in [-0.25, -0.2) is 0 Å². The summed E-state index contributed by atoms with van der Waals surface area (Å²) in [6, 6.07) is 0. The van der Waals surface area contributed by atoms with Gasteiger partial charge in [0.1, 0.15) is 5.76 Å². The van der Waals surface area contributed by atoms with Crippen molar-refractivity contribution in [3.63, 3.8) is 0 Å². The van der Waals surface area contributed by atoms with Crippen LogP contribution in [-0.4, -0.2) is 5.16 Å². The fourth-order valence-electron chi connectivity index (χ4n) is 0.685. The molecule has 0 fully saturated rings. The molecule has 0 spiro atoms. The average Bonchev–Trinajstić information content (AvgIpc) is 2.33. The van der Waals surface area contributed by atoms with Gasteiger partial charge in [-0.05, 0) is 0 Å².